The molecule has 1 amide bonds. The van der Waals surface area contributed by atoms with Gasteiger partial charge in [0.25, 0.3) is 5.91 Å². The lowest BCUT2D eigenvalue weighted by Gasteiger charge is -2.32. The molecular formula is C15H23N3O. The van der Waals surface area contributed by atoms with Gasteiger partial charge >= 0.3 is 0 Å². The molecule has 2 rings (SSSR count). The maximum Gasteiger partial charge on any atom is 0.255 e. The second-order valence-corrected chi connectivity index (χ2v) is 5.23. The Balaban J connectivity index is 1.87. The van der Waals surface area contributed by atoms with E-state index >= 15 is 0 Å². The number of nitrogens with one attached hydrogen (secondary N) is 1. The molecule has 2 heterocycles. The van der Waals surface area contributed by atoms with E-state index in [9.17, 15) is 4.79 Å². The van der Waals surface area contributed by atoms with Crippen LogP contribution in [-0.4, -0.2) is 42.0 Å². The average Bonchev–Trinajstić information content (AvgIpc) is 2.46. The van der Waals surface area contributed by atoms with Gasteiger partial charge in [-0.25, -0.2) is 0 Å². The lowest BCUT2D eigenvalue weighted by molar-refractivity contribution is 0.0690. The molecule has 0 spiro atoms. The second kappa shape index (κ2) is 6.66. The summed E-state index contributed by atoms with van der Waals surface area (Å²) in [5.74, 6) is 0.828. The zero-order valence-corrected chi connectivity index (χ0v) is 11.9. The zero-order valence-electron chi connectivity index (χ0n) is 11.9. The molecule has 0 aliphatic carbocycles. The Bertz CT molecular complexity index is 408. The first-order chi connectivity index (χ1) is 9.20. The minimum Gasteiger partial charge on any atom is -0.339 e. The predicted molar refractivity (Wildman–Crippen MR) is 76.1 cm³/mol. The van der Waals surface area contributed by atoms with Crippen molar-refractivity contribution in [1.29, 1.82) is 0 Å². The van der Waals surface area contributed by atoms with E-state index < -0.39 is 0 Å². The number of hydrogen-bond acceptors (Lipinski definition) is 3. The van der Waals surface area contributed by atoms with Gasteiger partial charge in [-0.3, -0.25) is 9.78 Å². The third-order valence-electron chi connectivity index (χ3n) is 3.74. The third-order valence-corrected chi connectivity index (χ3v) is 3.74. The number of aromatic nitrogens is 1. The lowest BCUT2D eigenvalue weighted by atomic mass is 9.96. The van der Waals surface area contributed by atoms with Crippen LogP contribution in [0.4, 0.5) is 0 Å². The van der Waals surface area contributed by atoms with E-state index in [0.29, 0.717) is 11.5 Å². The summed E-state index contributed by atoms with van der Waals surface area (Å²) < 4.78 is 0. The number of piperidine rings is 1. The van der Waals surface area contributed by atoms with Crippen LogP contribution in [0.3, 0.4) is 0 Å². The van der Waals surface area contributed by atoms with E-state index in [1.165, 1.54) is 0 Å². The molecule has 0 aromatic carbocycles. The molecule has 1 N–H and O–H groups in total. The molecule has 19 heavy (non-hydrogen) atoms. The van der Waals surface area contributed by atoms with Gasteiger partial charge in [-0.05, 0) is 50.9 Å². The van der Waals surface area contributed by atoms with Gasteiger partial charge in [0.2, 0.25) is 0 Å². The van der Waals surface area contributed by atoms with E-state index in [4.69, 9.17) is 0 Å². The number of nitrogens with zero attached hydrogens (tertiary/aromatic N) is 2. The van der Waals surface area contributed by atoms with Crippen LogP contribution in [0.15, 0.2) is 18.3 Å². The molecule has 104 valence electrons. The monoisotopic (exact) mass is 261 g/mol. The lowest BCUT2D eigenvalue weighted by Crippen LogP contribution is -2.40. The van der Waals surface area contributed by atoms with E-state index in [1.54, 1.807) is 6.20 Å². The van der Waals surface area contributed by atoms with Crippen LogP contribution in [0, 0.1) is 12.8 Å². The SMILES string of the molecule is CCNCC1CCN(C(=O)c2ccc(C)nc2)CC1. The fraction of sp³-hybridized carbons (Fsp3) is 0.600. The normalized spacial score (nSPS) is 16.6. The van der Waals surface area contributed by atoms with Crippen molar-refractivity contribution >= 4 is 5.91 Å². The Kier molecular flexibility index (Phi) is 4.91. The van der Waals surface area contributed by atoms with Crippen molar-refractivity contribution < 1.29 is 4.79 Å². The topological polar surface area (TPSA) is 45.2 Å². The van der Waals surface area contributed by atoms with Crippen LogP contribution in [0.2, 0.25) is 0 Å². The predicted octanol–water partition coefficient (Wildman–Crippen LogP) is 1.85. The summed E-state index contributed by atoms with van der Waals surface area (Å²) in [4.78, 5) is 18.4. The average molecular weight is 261 g/mol. The van der Waals surface area contributed by atoms with Crippen molar-refractivity contribution in [3.05, 3.63) is 29.6 Å². The number of rotatable bonds is 4. The van der Waals surface area contributed by atoms with Crippen LogP contribution in [0.25, 0.3) is 0 Å². The van der Waals surface area contributed by atoms with Crippen LogP contribution in [0.5, 0.6) is 0 Å². The molecular weight excluding hydrogens is 238 g/mol. The highest BCUT2D eigenvalue weighted by atomic mass is 16.2. The first-order valence-corrected chi connectivity index (χ1v) is 7.13. The molecule has 0 unspecified atom stereocenters. The summed E-state index contributed by atoms with van der Waals surface area (Å²) in [6, 6.07) is 3.76. The minimum absolute atomic E-state index is 0.120. The van der Waals surface area contributed by atoms with Crippen molar-refractivity contribution in [1.82, 2.24) is 15.2 Å². The Morgan fingerprint density at radius 1 is 1.42 bits per heavy atom. The van der Waals surface area contributed by atoms with Crippen LogP contribution < -0.4 is 5.32 Å². The quantitative estimate of drug-likeness (QED) is 0.899. The van der Waals surface area contributed by atoms with Gasteiger partial charge in [-0.1, -0.05) is 6.92 Å². The Hall–Kier alpha value is -1.42. The molecule has 0 atom stereocenters. The Morgan fingerprint density at radius 2 is 2.16 bits per heavy atom. The van der Waals surface area contributed by atoms with Gasteiger partial charge in [0, 0.05) is 25.0 Å². The zero-order chi connectivity index (χ0) is 13.7. The van der Waals surface area contributed by atoms with Crippen molar-refractivity contribution in [3.8, 4) is 0 Å². The Morgan fingerprint density at radius 3 is 2.74 bits per heavy atom. The first kappa shape index (κ1) is 14.0. The summed E-state index contributed by atoms with van der Waals surface area (Å²) in [6.45, 7) is 7.88. The molecule has 0 bridgehead atoms. The number of amides is 1. The fourth-order valence-electron chi connectivity index (χ4n) is 2.47. The van der Waals surface area contributed by atoms with Gasteiger partial charge in [-0.2, -0.15) is 0 Å². The van der Waals surface area contributed by atoms with Gasteiger partial charge in [-0.15, -0.1) is 0 Å². The number of likely N-dealkylation sites (tertiary alicyclic amines) is 1. The molecule has 1 aromatic rings. The summed E-state index contributed by atoms with van der Waals surface area (Å²) in [6.07, 6.45) is 3.87. The van der Waals surface area contributed by atoms with Crippen molar-refractivity contribution in [2.75, 3.05) is 26.2 Å². The second-order valence-electron chi connectivity index (χ2n) is 5.23. The number of aryl methyl sites for hydroxylation is 1. The van der Waals surface area contributed by atoms with E-state index in [-0.39, 0.29) is 5.91 Å². The first-order valence-electron chi connectivity index (χ1n) is 7.13. The highest BCUT2D eigenvalue weighted by molar-refractivity contribution is 5.93. The molecule has 4 heteroatoms. The maximum atomic E-state index is 12.3. The molecule has 1 fully saturated rings. The maximum absolute atomic E-state index is 12.3. The third kappa shape index (κ3) is 3.77. The van der Waals surface area contributed by atoms with Gasteiger partial charge in [0.1, 0.15) is 0 Å². The van der Waals surface area contributed by atoms with Gasteiger partial charge in [0.05, 0.1) is 5.56 Å². The van der Waals surface area contributed by atoms with Crippen LogP contribution >= 0.6 is 0 Å². The minimum atomic E-state index is 0.120. The van der Waals surface area contributed by atoms with E-state index in [0.717, 1.165) is 44.7 Å². The smallest absolute Gasteiger partial charge is 0.255 e. The molecule has 0 saturated carbocycles. The van der Waals surface area contributed by atoms with Crippen molar-refractivity contribution in [2.45, 2.75) is 26.7 Å². The molecule has 1 aliphatic heterocycles. The summed E-state index contributed by atoms with van der Waals surface area (Å²) in [5.41, 5.74) is 1.65. The number of hydrogen-bond donors (Lipinski definition) is 1. The largest absolute Gasteiger partial charge is 0.339 e. The van der Waals surface area contributed by atoms with Gasteiger partial charge < -0.3 is 10.2 Å². The summed E-state index contributed by atoms with van der Waals surface area (Å²) in [7, 11) is 0. The van der Waals surface area contributed by atoms with E-state index in [1.807, 2.05) is 24.0 Å². The fourth-order valence-corrected chi connectivity index (χ4v) is 2.47. The molecule has 1 saturated heterocycles. The van der Waals surface area contributed by atoms with Crippen LogP contribution in [0.1, 0.15) is 35.8 Å². The highest BCUT2D eigenvalue weighted by Crippen LogP contribution is 2.18. The van der Waals surface area contributed by atoms with E-state index in [2.05, 4.69) is 17.2 Å². The highest BCUT2D eigenvalue weighted by Gasteiger charge is 2.23. The van der Waals surface area contributed by atoms with Crippen molar-refractivity contribution in [3.63, 3.8) is 0 Å². The number of carbonyl (C=O) groups is 1. The Labute approximate surface area is 115 Å². The number of pyridine rings is 1. The molecule has 1 aromatic heterocycles. The van der Waals surface area contributed by atoms with Crippen molar-refractivity contribution in [2.24, 2.45) is 5.92 Å². The summed E-state index contributed by atoms with van der Waals surface area (Å²) in [5, 5.41) is 3.39. The molecule has 4 nitrogen and oxygen atoms in total. The molecule has 1 aliphatic rings. The molecule has 0 radical (unpaired) electrons. The standard InChI is InChI=1S/C15H23N3O/c1-3-16-10-13-6-8-18(9-7-13)15(19)14-5-4-12(2)17-11-14/h4-5,11,13,16H,3,6-10H2,1-2H3. The number of carbonyl (C=O) groups excluding carboxylic acids is 1. The van der Waals surface area contributed by atoms with Gasteiger partial charge in [0.15, 0.2) is 0 Å². The van der Waals surface area contributed by atoms with Crippen LogP contribution in [-0.2, 0) is 0 Å². The summed E-state index contributed by atoms with van der Waals surface area (Å²) >= 11 is 0.